The van der Waals surface area contributed by atoms with Crippen LogP contribution in [0.15, 0.2) is 0 Å². The molecule has 0 saturated carbocycles. The number of carbonyl (C=O) groups is 1. The first-order chi connectivity index (χ1) is 10.4. The largest absolute Gasteiger partial charge is 0.377 e. The highest BCUT2D eigenvalue weighted by Crippen LogP contribution is 2.15. The van der Waals surface area contributed by atoms with E-state index in [1.807, 2.05) is 18.7 Å². The lowest BCUT2D eigenvalue weighted by Crippen LogP contribution is -2.40. The third kappa shape index (κ3) is 6.62. The van der Waals surface area contributed by atoms with Gasteiger partial charge in [-0.1, -0.05) is 13.8 Å². The lowest BCUT2D eigenvalue weighted by Gasteiger charge is -2.25. The van der Waals surface area contributed by atoms with Gasteiger partial charge >= 0.3 is 0 Å². The molecule has 0 spiro atoms. The highest BCUT2D eigenvalue weighted by molar-refractivity contribution is 7.88. The molecule has 0 radical (unpaired) electrons. The van der Waals surface area contributed by atoms with Gasteiger partial charge in [-0.15, -0.1) is 0 Å². The number of amides is 1. The van der Waals surface area contributed by atoms with Crippen LogP contribution in [0, 0.1) is 0 Å². The third-order valence-electron chi connectivity index (χ3n) is 3.82. The molecule has 0 aromatic rings. The van der Waals surface area contributed by atoms with E-state index in [0.29, 0.717) is 13.2 Å². The van der Waals surface area contributed by atoms with Crippen LogP contribution in [-0.2, 0) is 19.6 Å². The fourth-order valence-corrected chi connectivity index (χ4v) is 3.55. The fraction of sp³-hybridized carbons (Fsp3) is 0.933. The molecule has 0 aromatic heterocycles. The Hall–Kier alpha value is -0.660. The van der Waals surface area contributed by atoms with Crippen molar-refractivity contribution in [3.8, 4) is 0 Å². The maximum Gasteiger partial charge on any atom is 0.223 e. The summed E-state index contributed by atoms with van der Waals surface area (Å²) in [6.45, 7) is 6.83. The summed E-state index contributed by atoms with van der Waals surface area (Å²) >= 11 is 0. The van der Waals surface area contributed by atoms with Crippen LogP contribution in [0.5, 0.6) is 0 Å². The molecule has 0 bridgehead atoms. The average Bonchev–Trinajstić information content (AvgIpc) is 2.94. The molecule has 22 heavy (non-hydrogen) atoms. The molecule has 0 aliphatic carbocycles. The van der Waals surface area contributed by atoms with E-state index < -0.39 is 10.0 Å². The molecule has 1 fully saturated rings. The minimum absolute atomic E-state index is 0.0321. The van der Waals surface area contributed by atoms with Gasteiger partial charge in [0, 0.05) is 39.2 Å². The molecule has 0 N–H and O–H groups in total. The summed E-state index contributed by atoms with van der Waals surface area (Å²) in [5.74, 6) is 0.0321. The molecular weight excluding hydrogens is 304 g/mol. The summed E-state index contributed by atoms with van der Waals surface area (Å²) in [5, 5.41) is 0. The summed E-state index contributed by atoms with van der Waals surface area (Å²) in [4.78, 5) is 14.1. The predicted molar refractivity (Wildman–Crippen MR) is 87.2 cm³/mol. The molecule has 0 aromatic carbocycles. The summed E-state index contributed by atoms with van der Waals surface area (Å²) in [6.07, 6.45) is 5.09. The molecule has 7 heteroatoms. The van der Waals surface area contributed by atoms with Crippen molar-refractivity contribution < 1.29 is 17.9 Å². The monoisotopic (exact) mass is 334 g/mol. The van der Waals surface area contributed by atoms with Gasteiger partial charge in [0.25, 0.3) is 0 Å². The van der Waals surface area contributed by atoms with E-state index in [1.165, 1.54) is 10.6 Å². The van der Waals surface area contributed by atoms with E-state index in [0.717, 1.165) is 38.8 Å². The first kappa shape index (κ1) is 19.4. The van der Waals surface area contributed by atoms with Crippen LogP contribution in [0.1, 0.15) is 46.0 Å². The van der Waals surface area contributed by atoms with E-state index in [4.69, 9.17) is 4.74 Å². The Balaban J connectivity index is 2.56. The van der Waals surface area contributed by atoms with Gasteiger partial charge in [0.1, 0.15) is 0 Å². The Kier molecular flexibility index (Phi) is 8.35. The SMILES string of the molecule is CCCN(CCC)C(=O)CCN(CC1CCCO1)S(C)(=O)=O. The van der Waals surface area contributed by atoms with Gasteiger partial charge < -0.3 is 9.64 Å². The van der Waals surface area contributed by atoms with Crippen molar-refractivity contribution >= 4 is 15.9 Å². The minimum atomic E-state index is -3.32. The van der Waals surface area contributed by atoms with E-state index in [1.54, 1.807) is 0 Å². The summed E-state index contributed by atoms with van der Waals surface area (Å²) in [5.41, 5.74) is 0. The van der Waals surface area contributed by atoms with Gasteiger partial charge in [0.05, 0.1) is 12.4 Å². The summed E-state index contributed by atoms with van der Waals surface area (Å²) in [7, 11) is -3.32. The molecule has 1 unspecified atom stereocenters. The predicted octanol–water partition coefficient (Wildman–Crippen LogP) is 1.47. The second-order valence-corrected chi connectivity index (χ2v) is 7.87. The Morgan fingerprint density at radius 2 is 1.82 bits per heavy atom. The number of sulfonamides is 1. The molecule has 1 saturated heterocycles. The van der Waals surface area contributed by atoms with Crippen LogP contribution in [0.2, 0.25) is 0 Å². The van der Waals surface area contributed by atoms with Gasteiger partial charge in [-0.3, -0.25) is 4.79 Å². The van der Waals surface area contributed by atoms with Crippen LogP contribution < -0.4 is 0 Å². The van der Waals surface area contributed by atoms with E-state index in [-0.39, 0.29) is 25.0 Å². The zero-order chi connectivity index (χ0) is 16.6. The Morgan fingerprint density at radius 3 is 2.27 bits per heavy atom. The van der Waals surface area contributed by atoms with Crippen molar-refractivity contribution in [2.24, 2.45) is 0 Å². The summed E-state index contributed by atoms with van der Waals surface area (Å²) < 4.78 is 30.7. The van der Waals surface area contributed by atoms with Gasteiger partial charge in [0.15, 0.2) is 0 Å². The molecule has 6 nitrogen and oxygen atoms in total. The van der Waals surface area contributed by atoms with Crippen molar-refractivity contribution in [2.45, 2.75) is 52.1 Å². The maximum absolute atomic E-state index is 12.3. The number of hydrogen-bond acceptors (Lipinski definition) is 4. The highest BCUT2D eigenvalue weighted by Gasteiger charge is 2.25. The molecule has 1 rings (SSSR count). The number of ether oxygens (including phenoxy) is 1. The van der Waals surface area contributed by atoms with Gasteiger partial charge in [-0.05, 0) is 25.7 Å². The van der Waals surface area contributed by atoms with Crippen molar-refractivity contribution in [3.63, 3.8) is 0 Å². The molecule has 1 aliphatic rings. The quantitative estimate of drug-likeness (QED) is 0.607. The highest BCUT2D eigenvalue weighted by atomic mass is 32.2. The van der Waals surface area contributed by atoms with E-state index in [2.05, 4.69) is 0 Å². The topological polar surface area (TPSA) is 66.9 Å². The zero-order valence-electron chi connectivity index (χ0n) is 14.1. The first-order valence-corrected chi connectivity index (χ1v) is 10.1. The molecular formula is C15H30N2O4S. The first-order valence-electron chi connectivity index (χ1n) is 8.23. The second kappa shape index (κ2) is 9.47. The van der Waals surface area contributed by atoms with Gasteiger partial charge in [-0.25, -0.2) is 8.42 Å². The van der Waals surface area contributed by atoms with Crippen LogP contribution in [0.25, 0.3) is 0 Å². The van der Waals surface area contributed by atoms with E-state index >= 15 is 0 Å². The Labute approximate surface area is 134 Å². The number of nitrogens with zero attached hydrogens (tertiary/aromatic N) is 2. The van der Waals surface area contributed by atoms with E-state index in [9.17, 15) is 13.2 Å². The second-order valence-electron chi connectivity index (χ2n) is 5.89. The van der Waals surface area contributed by atoms with Crippen LogP contribution in [0.4, 0.5) is 0 Å². The summed E-state index contributed by atoms with van der Waals surface area (Å²) in [6, 6.07) is 0. The van der Waals surface area contributed by atoms with Crippen molar-refractivity contribution in [2.75, 3.05) is 39.0 Å². The van der Waals surface area contributed by atoms with Gasteiger partial charge in [-0.2, -0.15) is 4.31 Å². The molecule has 1 heterocycles. The van der Waals surface area contributed by atoms with Crippen LogP contribution in [0.3, 0.4) is 0 Å². The van der Waals surface area contributed by atoms with Crippen molar-refractivity contribution in [1.29, 1.82) is 0 Å². The van der Waals surface area contributed by atoms with Gasteiger partial charge in [0.2, 0.25) is 15.9 Å². The zero-order valence-corrected chi connectivity index (χ0v) is 14.9. The molecule has 1 atom stereocenters. The third-order valence-corrected chi connectivity index (χ3v) is 5.08. The smallest absolute Gasteiger partial charge is 0.223 e. The number of hydrogen-bond donors (Lipinski definition) is 0. The van der Waals surface area contributed by atoms with Crippen LogP contribution in [-0.4, -0.2) is 68.7 Å². The lowest BCUT2D eigenvalue weighted by atomic mass is 10.2. The maximum atomic E-state index is 12.3. The number of carbonyl (C=O) groups excluding carboxylic acids is 1. The normalized spacial score (nSPS) is 18.8. The average molecular weight is 334 g/mol. The lowest BCUT2D eigenvalue weighted by molar-refractivity contribution is -0.131. The fourth-order valence-electron chi connectivity index (χ4n) is 2.69. The molecule has 1 aliphatic heterocycles. The number of rotatable bonds is 10. The molecule has 1 amide bonds. The molecule has 130 valence electrons. The Morgan fingerprint density at radius 1 is 1.18 bits per heavy atom. The standard InChI is InChI=1S/C15H30N2O4S/c1-4-9-16(10-5-2)15(18)8-11-17(22(3,19)20)13-14-7-6-12-21-14/h14H,4-13H2,1-3H3. The van der Waals surface area contributed by atoms with Crippen molar-refractivity contribution in [3.05, 3.63) is 0 Å². The van der Waals surface area contributed by atoms with Crippen LogP contribution >= 0.6 is 0 Å². The minimum Gasteiger partial charge on any atom is -0.377 e. The van der Waals surface area contributed by atoms with Crippen molar-refractivity contribution in [1.82, 2.24) is 9.21 Å². The Bertz CT molecular complexity index is 427.